The van der Waals surface area contributed by atoms with Crippen LogP contribution in [-0.2, 0) is 20.7 Å². The Labute approximate surface area is 214 Å². The molecule has 0 spiro atoms. The summed E-state index contributed by atoms with van der Waals surface area (Å²) in [5, 5.41) is 4.82. The van der Waals surface area contributed by atoms with E-state index in [0.29, 0.717) is 6.07 Å². The van der Waals surface area contributed by atoms with Gasteiger partial charge in [-0.15, -0.1) is 0 Å². The normalized spacial score (nSPS) is 12.9. The maximum absolute atomic E-state index is 15.1. The van der Waals surface area contributed by atoms with Gasteiger partial charge < -0.3 is 15.4 Å². The lowest BCUT2D eigenvalue weighted by Crippen LogP contribution is -2.19. The Morgan fingerprint density at radius 2 is 1.76 bits per heavy atom. The van der Waals surface area contributed by atoms with Gasteiger partial charge in [-0.2, -0.15) is 21.9 Å². The maximum atomic E-state index is 15.1. The summed E-state index contributed by atoms with van der Waals surface area (Å²) in [4.78, 5) is 28.4. The van der Waals surface area contributed by atoms with E-state index < -0.39 is 56.4 Å². The van der Waals surface area contributed by atoms with Crippen molar-refractivity contribution in [3.63, 3.8) is 0 Å². The van der Waals surface area contributed by atoms with Crippen molar-refractivity contribution in [3.05, 3.63) is 77.1 Å². The molecule has 0 radical (unpaired) electrons. The van der Waals surface area contributed by atoms with Crippen LogP contribution in [0.25, 0.3) is 0 Å². The van der Waals surface area contributed by atoms with E-state index in [0.717, 1.165) is 18.2 Å². The topological polar surface area (TPSA) is 110 Å². The van der Waals surface area contributed by atoms with E-state index in [1.807, 2.05) is 0 Å². The van der Waals surface area contributed by atoms with Crippen LogP contribution < -0.4 is 15.4 Å². The Morgan fingerprint density at radius 3 is 2.39 bits per heavy atom. The Kier molecular flexibility index (Phi) is 8.47. The van der Waals surface area contributed by atoms with Gasteiger partial charge in [-0.3, -0.25) is 9.59 Å². The predicted molar refractivity (Wildman–Crippen MR) is 128 cm³/mol. The van der Waals surface area contributed by atoms with Crippen LogP contribution >= 0.6 is 0 Å². The highest BCUT2D eigenvalue weighted by Gasteiger charge is 2.37. The molecule has 3 aromatic rings. The van der Waals surface area contributed by atoms with Crippen molar-refractivity contribution in [2.75, 3.05) is 25.2 Å². The van der Waals surface area contributed by atoms with Crippen molar-refractivity contribution < 1.29 is 40.5 Å². The van der Waals surface area contributed by atoms with Gasteiger partial charge in [0.15, 0.2) is 5.82 Å². The SMILES string of the molecule is CNCC(=O)N=[S@](C)(=O)c1cccc(NC(=O)c2c(Oc3ccc(F)nc3C)ccc(C(F)(F)F)c2F)c1. The number of carbonyl (C=O) groups excluding carboxylic acids is 2. The fourth-order valence-electron chi connectivity index (χ4n) is 3.25. The standard InChI is InChI=1S/C24H21F5N4O4S/c1-13-17(9-10-19(25)31-13)37-18-8-7-16(24(27,28)29)22(26)21(18)23(35)32-14-5-4-6-15(11-14)38(3,36)33-20(34)12-30-2/h4-11,30H,12H2,1-3H3,(H,32,35)/t38-/m1/s1. The molecule has 0 aliphatic heterocycles. The number of hydrogen-bond donors (Lipinski definition) is 2. The Bertz CT molecular complexity index is 1520. The number of halogens is 5. The third-order valence-electron chi connectivity index (χ3n) is 4.99. The minimum Gasteiger partial charge on any atom is -0.455 e. The van der Waals surface area contributed by atoms with Crippen LogP contribution in [0.1, 0.15) is 21.6 Å². The molecule has 0 fully saturated rings. The molecule has 1 aromatic heterocycles. The third-order valence-corrected chi connectivity index (χ3v) is 6.67. The summed E-state index contributed by atoms with van der Waals surface area (Å²) in [5.74, 6) is -5.47. The van der Waals surface area contributed by atoms with Gasteiger partial charge in [0.05, 0.1) is 27.5 Å². The number of rotatable bonds is 7. The molecule has 1 atom stereocenters. The summed E-state index contributed by atoms with van der Waals surface area (Å²) in [6.45, 7) is 1.18. The summed E-state index contributed by atoms with van der Waals surface area (Å²) in [5.41, 5.74) is -2.87. The summed E-state index contributed by atoms with van der Waals surface area (Å²) in [6, 6.07) is 8.44. The van der Waals surface area contributed by atoms with Crippen LogP contribution in [-0.4, -0.2) is 40.9 Å². The zero-order valence-electron chi connectivity index (χ0n) is 20.2. The van der Waals surface area contributed by atoms with Gasteiger partial charge in [0.1, 0.15) is 17.1 Å². The molecule has 2 amide bonds. The molecule has 0 unspecified atom stereocenters. The van der Waals surface area contributed by atoms with Gasteiger partial charge in [0, 0.05) is 16.8 Å². The van der Waals surface area contributed by atoms with E-state index in [-0.39, 0.29) is 28.6 Å². The van der Waals surface area contributed by atoms with Gasteiger partial charge in [-0.1, -0.05) is 6.07 Å². The molecule has 14 heteroatoms. The first-order chi connectivity index (χ1) is 17.7. The van der Waals surface area contributed by atoms with E-state index in [9.17, 15) is 31.4 Å². The van der Waals surface area contributed by atoms with Crippen molar-refractivity contribution in [2.24, 2.45) is 4.36 Å². The molecular formula is C24H21F5N4O4S. The first-order valence-electron chi connectivity index (χ1n) is 10.7. The number of aryl methyl sites for hydroxylation is 1. The van der Waals surface area contributed by atoms with Crippen LogP contribution in [0.3, 0.4) is 0 Å². The molecule has 0 aliphatic carbocycles. The summed E-state index contributed by atoms with van der Waals surface area (Å²) in [6.07, 6.45) is -3.93. The lowest BCUT2D eigenvalue weighted by atomic mass is 10.1. The zero-order chi connectivity index (χ0) is 28.3. The highest BCUT2D eigenvalue weighted by molar-refractivity contribution is 7.93. The van der Waals surface area contributed by atoms with Crippen molar-refractivity contribution >= 4 is 27.2 Å². The second kappa shape index (κ2) is 11.2. The summed E-state index contributed by atoms with van der Waals surface area (Å²) in [7, 11) is -1.75. The number of hydrogen-bond acceptors (Lipinski definition) is 6. The molecule has 0 saturated heterocycles. The monoisotopic (exact) mass is 556 g/mol. The second-order valence-corrected chi connectivity index (χ2v) is 10.2. The lowest BCUT2D eigenvalue weighted by Gasteiger charge is -2.17. The van der Waals surface area contributed by atoms with E-state index in [1.54, 1.807) is 0 Å². The fraction of sp³-hybridized carbons (Fsp3) is 0.208. The van der Waals surface area contributed by atoms with Crippen LogP contribution in [0.2, 0.25) is 0 Å². The highest BCUT2D eigenvalue weighted by atomic mass is 32.2. The summed E-state index contributed by atoms with van der Waals surface area (Å²) < 4.78 is 90.6. The van der Waals surface area contributed by atoms with Gasteiger partial charge in [-0.05, 0) is 56.4 Å². The molecule has 1 heterocycles. The number of likely N-dealkylation sites (N-methyl/N-ethyl adjacent to an activating group) is 1. The first kappa shape index (κ1) is 28.7. The second-order valence-electron chi connectivity index (χ2n) is 7.92. The number of benzene rings is 2. The number of aromatic nitrogens is 1. The van der Waals surface area contributed by atoms with Crippen molar-refractivity contribution in [3.8, 4) is 11.5 Å². The van der Waals surface area contributed by atoms with E-state index >= 15 is 4.39 Å². The molecule has 2 aromatic carbocycles. The zero-order valence-corrected chi connectivity index (χ0v) is 21.0. The molecule has 0 bridgehead atoms. The van der Waals surface area contributed by atoms with Crippen LogP contribution in [0.15, 0.2) is 57.8 Å². The summed E-state index contributed by atoms with van der Waals surface area (Å²) >= 11 is 0. The van der Waals surface area contributed by atoms with Gasteiger partial charge in [0.2, 0.25) is 5.95 Å². The fourth-order valence-corrected chi connectivity index (χ4v) is 4.49. The number of carbonyl (C=O) groups is 2. The number of alkyl halides is 3. The third kappa shape index (κ3) is 6.69. The molecule has 8 nitrogen and oxygen atoms in total. The average Bonchev–Trinajstić information content (AvgIpc) is 2.80. The molecule has 202 valence electrons. The Balaban J connectivity index is 2.04. The van der Waals surface area contributed by atoms with E-state index in [1.165, 1.54) is 44.5 Å². The van der Waals surface area contributed by atoms with Crippen molar-refractivity contribution in [2.45, 2.75) is 18.0 Å². The van der Waals surface area contributed by atoms with Crippen LogP contribution in [0.5, 0.6) is 11.5 Å². The average molecular weight is 557 g/mol. The number of pyridine rings is 1. The van der Waals surface area contributed by atoms with Crippen molar-refractivity contribution in [1.29, 1.82) is 0 Å². The maximum Gasteiger partial charge on any atom is 0.419 e. The number of anilines is 1. The van der Waals surface area contributed by atoms with Crippen LogP contribution in [0, 0.1) is 18.7 Å². The van der Waals surface area contributed by atoms with Crippen molar-refractivity contribution in [1.82, 2.24) is 10.3 Å². The molecule has 38 heavy (non-hydrogen) atoms. The lowest BCUT2D eigenvalue weighted by molar-refractivity contribution is -0.140. The largest absolute Gasteiger partial charge is 0.455 e. The van der Waals surface area contributed by atoms with E-state index in [2.05, 4.69) is 20.0 Å². The van der Waals surface area contributed by atoms with Gasteiger partial charge >= 0.3 is 6.18 Å². The highest BCUT2D eigenvalue weighted by Crippen LogP contribution is 2.38. The number of nitrogens with one attached hydrogen (secondary N) is 2. The molecular weight excluding hydrogens is 535 g/mol. The number of amides is 2. The van der Waals surface area contributed by atoms with E-state index in [4.69, 9.17) is 4.74 Å². The minimum absolute atomic E-state index is 0.00126. The first-order valence-corrected chi connectivity index (χ1v) is 12.7. The predicted octanol–water partition coefficient (Wildman–Crippen LogP) is 4.93. The Hall–Kier alpha value is -3.91. The number of nitrogens with zero attached hydrogens (tertiary/aromatic N) is 2. The Morgan fingerprint density at radius 1 is 1.08 bits per heavy atom. The number of ether oxygens (including phenoxy) is 1. The minimum atomic E-state index is -5.12. The van der Waals surface area contributed by atoms with Gasteiger partial charge in [-0.25, -0.2) is 13.6 Å². The quantitative estimate of drug-likeness (QED) is 0.315. The smallest absolute Gasteiger partial charge is 0.419 e. The molecule has 3 rings (SSSR count). The van der Waals surface area contributed by atoms with Gasteiger partial charge in [0.25, 0.3) is 11.8 Å². The molecule has 0 saturated carbocycles. The molecule has 2 N–H and O–H groups in total. The molecule has 0 aliphatic rings. The van der Waals surface area contributed by atoms with Crippen LogP contribution in [0.4, 0.5) is 27.6 Å².